The number of carbonyl (C=O) groups excluding carboxylic acids is 3. The van der Waals surface area contributed by atoms with E-state index >= 15 is 4.39 Å². The maximum atomic E-state index is 15.1. The average molecular weight is 702 g/mol. The third-order valence-corrected chi connectivity index (χ3v) is 7.40. The summed E-state index contributed by atoms with van der Waals surface area (Å²) in [6.45, 7) is 1.08. The average Bonchev–Trinajstić information content (AvgIpc) is 3.86. The molecule has 0 aliphatic carbocycles. The number of anilines is 1. The number of benzene rings is 1. The molecule has 2 amide bonds. The van der Waals surface area contributed by atoms with Crippen LogP contribution in [0.3, 0.4) is 0 Å². The van der Waals surface area contributed by atoms with Gasteiger partial charge >= 0.3 is 12.1 Å². The Kier molecular flexibility index (Phi) is 10.2. The zero-order chi connectivity index (χ0) is 36.2. The van der Waals surface area contributed by atoms with Crippen LogP contribution in [0.1, 0.15) is 20.8 Å². The van der Waals surface area contributed by atoms with Gasteiger partial charge in [-0.15, -0.1) is 0 Å². The molecule has 17 nitrogen and oxygen atoms in total. The highest BCUT2D eigenvalue weighted by molar-refractivity contribution is 6.45. The van der Waals surface area contributed by atoms with Crippen molar-refractivity contribution >= 4 is 40.4 Å². The van der Waals surface area contributed by atoms with Crippen molar-refractivity contribution in [2.75, 3.05) is 44.2 Å². The molecule has 5 heterocycles. The second-order valence-corrected chi connectivity index (χ2v) is 10.6. The number of alkyl halides is 3. The highest BCUT2D eigenvalue weighted by atomic mass is 19.4. The zero-order valence-corrected chi connectivity index (χ0v) is 25.9. The van der Waals surface area contributed by atoms with E-state index in [-0.39, 0.29) is 59.8 Å². The largest absolute Gasteiger partial charge is 0.490 e. The van der Waals surface area contributed by atoms with Crippen molar-refractivity contribution in [3.05, 3.63) is 65.9 Å². The fraction of sp³-hybridized carbons (Fsp3) is 0.276. The number of aliphatic hydroxyl groups is 1. The molecule has 0 atom stereocenters. The molecule has 0 radical (unpaired) electrons. The van der Waals surface area contributed by atoms with Gasteiger partial charge in [-0.05, 0) is 28.6 Å². The van der Waals surface area contributed by atoms with Crippen LogP contribution in [0.25, 0.3) is 28.0 Å². The lowest BCUT2D eigenvalue weighted by Gasteiger charge is -2.34. The summed E-state index contributed by atoms with van der Waals surface area (Å²) in [4.78, 5) is 58.3. The molecule has 1 saturated heterocycles. The molecule has 50 heavy (non-hydrogen) atoms. The van der Waals surface area contributed by atoms with Gasteiger partial charge in [0.2, 0.25) is 5.95 Å². The molecular formula is C29H27F4N11O6. The summed E-state index contributed by atoms with van der Waals surface area (Å²) in [6, 6.07) is 10.9. The number of carboxylic acid groups (broad SMARTS) is 1. The van der Waals surface area contributed by atoms with E-state index in [0.717, 1.165) is 11.9 Å². The second-order valence-electron chi connectivity index (χ2n) is 10.6. The number of aliphatic hydroxyl groups excluding tert-OH is 1. The van der Waals surface area contributed by atoms with Crippen LogP contribution < -0.4 is 10.2 Å². The first kappa shape index (κ1) is 35.1. The molecule has 0 bridgehead atoms. The number of pyridine rings is 1. The van der Waals surface area contributed by atoms with Crippen LogP contribution >= 0.6 is 0 Å². The summed E-state index contributed by atoms with van der Waals surface area (Å²) in [5.41, 5.74) is 1.46. The van der Waals surface area contributed by atoms with E-state index in [9.17, 15) is 27.6 Å². The van der Waals surface area contributed by atoms with Crippen molar-refractivity contribution in [3.63, 3.8) is 0 Å². The van der Waals surface area contributed by atoms with Gasteiger partial charge in [0.1, 0.15) is 17.1 Å². The Hall–Kier alpha value is -6.25. The molecule has 4 N–H and O–H groups in total. The highest BCUT2D eigenvalue weighted by Gasteiger charge is 2.38. The SMILES string of the molecule is Cn1nc(-c2ncc(F)c3c(C(=O)C(=O)N4CCN(c5nnnn5-c5ccccc5)CC4)c[nH]c23)cc1C(=O)NCCO.O=C(O)C(F)(F)F. The van der Waals surface area contributed by atoms with Crippen LogP contribution in [-0.4, -0.2) is 124 Å². The number of carbonyl (C=O) groups is 4. The fourth-order valence-electron chi connectivity index (χ4n) is 5.02. The van der Waals surface area contributed by atoms with Crippen LogP contribution in [0.4, 0.5) is 23.5 Å². The van der Waals surface area contributed by atoms with Crippen molar-refractivity contribution in [1.29, 1.82) is 0 Å². The minimum absolute atomic E-state index is 0.0656. The molecule has 0 saturated carbocycles. The van der Waals surface area contributed by atoms with Crippen molar-refractivity contribution < 1.29 is 47.0 Å². The van der Waals surface area contributed by atoms with E-state index < -0.39 is 35.6 Å². The highest BCUT2D eigenvalue weighted by Crippen LogP contribution is 2.30. The van der Waals surface area contributed by atoms with Crippen LogP contribution in [0.2, 0.25) is 0 Å². The summed E-state index contributed by atoms with van der Waals surface area (Å²) in [7, 11) is 1.56. The van der Waals surface area contributed by atoms with E-state index in [1.165, 1.54) is 21.8 Å². The van der Waals surface area contributed by atoms with Gasteiger partial charge in [0.15, 0.2) is 5.82 Å². The lowest BCUT2D eigenvalue weighted by Crippen LogP contribution is -2.51. The third-order valence-electron chi connectivity index (χ3n) is 7.40. The molecule has 1 aliphatic rings. The first-order valence-electron chi connectivity index (χ1n) is 14.6. The fourth-order valence-corrected chi connectivity index (χ4v) is 5.02. The molecule has 1 aromatic carbocycles. The van der Waals surface area contributed by atoms with Crippen LogP contribution in [0.15, 0.2) is 48.8 Å². The molecule has 6 rings (SSSR count). The number of nitrogens with one attached hydrogen (secondary N) is 2. The lowest BCUT2D eigenvalue weighted by molar-refractivity contribution is -0.192. The normalized spacial score (nSPS) is 13.2. The molecule has 5 aromatic rings. The Balaban J connectivity index is 0.000000630. The summed E-state index contributed by atoms with van der Waals surface area (Å²) in [5, 5.41) is 34.9. The first-order valence-corrected chi connectivity index (χ1v) is 14.6. The number of Topliss-reactive ketones (excluding diaryl/α,β-unsaturated/α-hetero) is 1. The smallest absolute Gasteiger partial charge is 0.475 e. The number of aromatic amines is 1. The topological polar surface area (TPSA) is 217 Å². The lowest BCUT2D eigenvalue weighted by atomic mass is 10.1. The van der Waals surface area contributed by atoms with Crippen molar-refractivity contribution in [1.82, 2.24) is 50.2 Å². The number of ketones is 1. The minimum Gasteiger partial charge on any atom is -0.475 e. The number of nitrogens with zero attached hydrogens (tertiary/aromatic N) is 9. The molecule has 0 unspecified atom stereocenters. The number of fused-ring (bicyclic) bond motifs is 1. The third kappa shape index (κ3) is 7.26. The number of aryl methyl sites for hydroxylation is 1. The molecule has 1 aliphatic heterocycles. The number of H-pyrrole nitrogens is 1. The minimum atomic E-state index is -5.08. The number of piperazine rings is 1. The maximum Gasteiger partial charge on any atom is 0.490 e. The number of tetrazole rings is 1. The Labute approximate surface area is 278 Å². The molecular weight excluding hydrogens is 674 g/mol. The standard InChI is InChI=1S/C27H26FN11O4.C2HF3O2/c1-36-20(25(42)29-7-12-40)13-19(33-36)22-23-21(18(28)15-31-22)17(14-30-23)24(41)26(43)37-8-10-38(11-9-37)27-32-34-35-39(27)16-5-3-2-4-6-16;3-2(4,5)1(6)7/h2-6,13-15,30,40H,7-12H2,1H3,(H,29,42);(H,6,7). The number of amides is 2. The van der Waals surface area contributed by atoms with Crippen molar-refractivity contribution in [2.24, 2.45) is 7.05 Å². The van der Waals surface area contributed by atoms with Gasteiger partial charge in [-0.2, -0.15) is 23.0 Å². The van der Waals surface area contributed by atoms with Gasteiger partial charge in [0.05, 0.1) is 35.0 Å². The number of aliphatic carboxylic acids is 1. The molecule has 21 heteroatoms. The van der Waals surface area contributed by atoms with Gasteiger partial charge in [-0.1, -0.05) is 23.3 Å². The summed E-state index contributed by atoms with van der Waals surface area (Å²) in [6.07, 6.45) is -2.86. The van der Waals surface area contributed by atoms with Crippen LogP contribution in [0.5, 0.6) is 0 Å². The van der Waals surface area contributed by atoms with E-state index in [4.69, 9.17) is 15.0 Å². The number of aromatic nitrogens is 8. The van der Waals surface area contributed by atoms with Crippen LogP contribution in [0, 0.1) is 5.82 Å². The Morgan fingerprint density at radius 3 is 2.38 bits per heavy atom. The van der Waals surface area contributed by atoms with Gasteiger partial charge in [-0.3, -0.25) is 19.1 Å². The molecule has 4 aromatic heterocycles. The summed E-state index contributed by atoms with van der Waals surface area (Å²) in [5.74, 6) is -5.11. The summed E-state index contributed by atoms with van der Waals surface area (Å²) >= 11 is 0. The number of hydrogen-bond acceptors (Lipinski definition) is 11. The zero-order valence-electron chi connectivity index (χ0n) is 25.9. The van der Waals surface area contributed by atoms with E-state index in [1.807, 2.05) is 35.2 Å². The summed E-state index contributed by atoms with van der Waals surface area (Å²) < 4.78 is 49.8. The Bertz CT molecular complexity index is 2040. The number of halogens is 4. The van der Waals surface area contributed by atoms with E-state index in [1.54, 1.807) is 11.7 Å². The van der Waals surface area contributed by atoms with Crippen molar-refractivity contribution in [2.45, 2.75) is 6.18 Å². The number of carboxylic acids is 1. The number of hydrogen-bond donors (Lipinski definition) is 4. The van der Waals surface area contributed by atoms with Crippen molar-refractivity contribution in [3.8, 4) is 17.1 Å². The van der Waals surface area contributed by atoms with Gasteiger partial charge in [0.25, 0.3) is 17.6 Å². The number of rotatable bonds is 8. The van der Waals surface area contributed by atoms with Gasteiger partial charge < -0.3 is 30.3 Å². The Morgan fingerprint density at radius 1 is 1.06 bits per heavy atom. The second kappa shape index (κ2) is 14.5. The monoisotopic (exact) mass is 701 g/mol. The molecule has 0 spiro atoms. The Morgan fingerprint density at radius 2 is 1.74 bits per heavy atom. The van der Waals surface area contributed by atoms with Gasteiger partial charge in [-0.25, -0.2) is 14.2 Å². The number of para-hydroxylation sites is 1. The predicted octanol–water partition coefficient (Wildman–Crippen LogP) is 0.965. The quantitative estimate of drug-likeness (QED) is 0.101. The predicted molar refractivity (Wildman–Crippen MR) is 164 cm³/mol. The first-order chi connectivity index (χ1) is 23.8. The van der Waals surface area contributed by atoms with E-state index in [2.05, 4.69) is 35.9 Å². The van der Waals surface area contributed by atoms with Gasteiger partial charge in [0, 0.05) is 46.0 Å². The molecule has 262 valence electrons. The van der Waals surface area contributed by atoms with Crippen LogP contribution in [-0.2, 0) is 16.6 Å². The molecule has 1 fully saturated rings. The van der Waals surface area contributed by atoms with E-state index in [0.29, 0.717) is 19.0 Å². The maximum absolute atomic E-state index is 15.1.